The van der Waals surface area contributed by atoms with E-state index in [0.29, 0.717) is 0 Å². The summed E-state index contributed by atoms with van der Waals surface area (Å²) in [4.78, 5) is 0. The van der Waals surface area contributed by atoms with E-state index in [9.17, 15) is 0 Å². The number of rotatable bonds is 1. The van der Waals surface area contributed by atoms with E-state index < -0.39 is 0 Å². The van der Waals surface area contributed by atoms with Crippen molar-refractivity contribution in [3.63, 3.8) is 0 Å². The molecule has 0 radical (unpaired) electrons. The van der Waals surface area contributed by atoms with Crippen LogP contribution in [0, 0.1) is 0 Å². The van der Waals surface area contributed by atoms with Gasteiger partial charge in [0.15, 0.2) is 0 Å². The summed E-state index contributed by atoms with van der Waals surface area (Å²) >= 11 is 0. The van der Waals surface area contributed by atoms with Crippen LogP contribution in [-0.2, 0) is 27.1 Å². The highest BCUT2D eigenvalue weighted by Gasteiger charge is 2.34. The van der Waals surface area contributed by atoms with Gasteiger partial charge in [0, 0.05) is 32.6 Å². The molecule has 0 unspecified atom stereocenters. The monoisotopic (exact) mass is 748 g/mol. The van der Waals surface area contributed by atoms with Crippen molar-refractivity contribution in [1.82, 2.24) is 9.13 Å². The van der Waals surface area contributed by atoms with Gasteiger partial charge in [-0.05, 0) is 103 Å². The summed E-state index contributed by atoms with van der Waals surface area (Å²) in [6.07, 6.45) is 0. The molecule has 0 N–H and O–H groups in total. The van der Waals surface area contributed by atoms with E-state index in [4.69, 9.17) is 0 Å². The highest BCUT2D eigenvalue weighted by atomic mass is 15.0. The molecule has 4 bridgehead atoms. The lowest BCUT2D eigenvalue weighted by molar-refractivity contribution is 0.568. The number of benzene rings is 6. The minimum atomic E-state index is -0.299. The summed E-state index contributed by atoms with van der Waals surface area (Å²) in [6.45, 7) is 33.2. The predicted molar refractivity (Wildman–Crippen MR) is 247 cm³/mol. The molecular formula is C55H60N2. The first-order chi connectivity index (χ1) is 26.6. The van der Waals surface area contributed by atoms with Crippen LogP contribution < -0.4 is 0 Å². The van der Waals surface area contributed by atoms with Gasteiger partial charge in [-0.25, -0.2) is 0 Å². The molecule has 0 amide bonds. The fraction of sp³-hybridized carbons (Fsp3) is 0.345. The molecule has 3 heterocycles. The van der Waals surface area contributed by atoms with Crippen LogP contribution >= 0.6 is 0 Å². The van der Waals surface area contributed by atoms with Crippen LogP contribution in [0.1, 0.15) is 130 Å². The summed E-state index contributed by atoms with van der Waals surface area (Å²) in [5, 5.41) is 5.27. The molecule has 0 aliphatic carbocycles. The Hall–Kier alpha value is -5.08. The third kappa shape index (κ3) is 5.65. The minimum absolute atomic E-state index is 0.0102. The number of hydrogen-bond acceptors (Lipinski definition) is 0. The molecule has 57 heavy (non-hydrogen) atoms. The van der Waals surface area contributed by atoms with Crippen molar-refractivity contribution in [2.24, 2.45) is 0 Å². The Morgan fingerprint density at radius 1 is 0.456 bits per heavy atom. The fourth-order valence-electron chi connectivity index (χ4n) is 9.72. The summed E-state index contributed by atoms with van der Waals surface area (Å²) in [5.41, 5.74) is 17.7. The van der Waals surface area contributed by atoms with Crippen molar-refractivity contribution < 1.29 is 0 Å². The summed E-state index contributed by atoms with van der Waals surface area (Å²) < 4.78 is 5.22. The molecule has 2 aromatic heterocycles. The highest BCUT2D eigenvalue weighted by Crippen LogP contribution is 2.50. The van der Waals surface area contributed by atoms with Gasteiger partial charge >= 0.3 is 0 Å². The molecule has 1 aliphatic heterocycles. The van der Waals surface area contributed by atoms with Crippen molar-refractivity contribution in [2.75, 3.05) is 0 Å². The largest absolute Gasteiger partial charge is 0.309 e. The van der Waals surface area contributed by atoms with Crippen LogP contribution in [0.3, 0.4) is 0 Å². The Balaban J connectivity index is 1.59. The first-order valence-corrected chi connectivity index (χ1v) is 21.0. The molecule has 9 rings (SSSR count). The van der Waals surface area contributed by atoms with Crippen LogP contribution in [-0.4, -0.2) is 9.13 Å². The van der Waals surface area contributed by atoms with E-state index in [0.717, 1.165) is 0 Å². The Morgan fingerprint density at radius 2 is 1.04 bits per heavy atom. The normalized spacial score (nSPS) is 14.6. The molecule has 8 aromatic rings. The van der Waals surface area contributed by atoms with Crippen molar-refractivity contribution in [1.29, 1.82) is 0 Å². The Bertz CT molecular complexity index is 2910. The molecule has 0 spiro atoms. The Kier molecular flexibility index (Phi) is 7.88. The second-order valence-corrected chi connectivity index (χ2v) is 21.6. The van der Waals surface area contributed by atoms with Crippen molar-refractivity contribution >= 4 is 43.6 Å². The van der Waals surface area contributed by atoms with Crippen LogP contribution in [0.15, 0.2) is 109 Å². The molecule has 1 aliphatic rings. The minimum Gasteiger partial charge on any atom is -0.309 e. The van der Waals surface area contributed by atoms with Crippen LogP contribution in [0.25, 0.3) is 66.1 Å². The lowest BCUT2D eigenvalue weighted by Crippen LogP contribution is -2.23. The van der Waals surface area contributed by atoms with E-state index in [1.54, 1.807) is 0 Å². The van der Waals surface area contributed by atoms with Crippen LogP contribution in [0.5, 0.6) is 0 Å². The van der Waals surface area contributed by atoms with E-state index in [1.807, 2.05) is 0 Å². The Labute approximate surface area is 340 Å². The zero-order chi connectivity index (χ0) is 40.8. The van der Waals surface area contributed by atoms with Gasteiger partial charge in [0.1, 0.15) is 0 Å². The summed E-state index contributed by atoms with van der Waals surface area (Å²) in [5.74, 6) is 0. The number of hydrogen-bond donors (Lipinski definition) is 0. The topological polar surface area (TPSA) is 9.86 Å². The maximum absolute atomic E-state index is 2.63. The number of fused-ring (bicyclic) bond motifs is 8. The third-order valence-corrected chi connectivity index (χ3v) is 13.0. The maximum Gasteiger partial charge on any atom is 0.0582 e. The molecule has 6 aromatic carbocycles. The average molecular weight is 749 g/mol. The number of para-hydroxylation sites is 2. The molecule has 0 atom stereocenters. The van der Waals surface area contributed by atoms with E-state index in [-0.39, 0.29) is 27.1 Å². The van der Waals surface area contributed by atoms with Gasteiger partial charge in [-0.15, -0.1) is 0 Å². The van der Waals surface area contributed by atoms with Gasteiger partial charge < -0.3 is 9.13 Å². The zero-order valence-corrected chi connectivity index (χ0v) is 36.8. The van der Waals surface area contributed by atoms with E-state index in [2.05, 4.69) is 215 Å². The molecule has 0 saturated carbocycles. The number of nitrogens with zero attached hydrogens (tertiary/aromatic N) is 2. The lowest BCUT2D eigenvalue weighted by atomic mass is 9.73. The second-order valence-electron chi connectivity index (χ2n) is 21.6. The third-order valence-electron chi connectivity index (χ3n) is 13.0. The smallest absolute Gasteiger partial charge is 0.0582 e. The average Bonchev–Trinajstić information content (AvgIpc) is 3.65. The van der Waals surface area contributed by atoms with Crippen molar-refractivity contribution in [2.45, 2.75) is 124 Å². The molecule has 0 fully saturated rings. The number of aromatic nitrogens is 2. The predicted octanol–water partition coefficient (Wildman–Crippen LogP) is 15.4. The standard InChI is InChI=1S/C55H60N2/c1-51(2,3)34-27-33-28-37(30-34)55(13,14)42-22-17-21-41-40-19-15-16-23-43(40)57(50(41)42)46-26-25-45-48(49(46)54(10,11)12)47-39(33)20-18-24-44(47)56(45)38-31-35(52(4,5)6)29-36(32-38)53(7,8)9/h15-32H,1-14H3. The lowest BCUT2D eigenvalue weighted by Gasteiger charge is -2.32. The van der Waals surface area contributed by atoms with Crippen LogP contribution in [0.2, 0.25) is 0 Å². The summed E-state index contributed by atoms with van der Waals surface area (Å²) in [6, 6.07) is 42.8. The second kappa shape index (κ2) is 12.0. The fourth-order valence-corrected chi connectivity index (χ4v) is 9.72. The van der Waals surface area contributed by atoms with Crippen molar-refractivity contribution in [3.05, 3.63) is 143 Å². The quantitative estimate of drug-likeness (QED) is 0.158. The highest BCUT2D eigenvalue weighted by molar-refractivity contribution is 6.19. The SMILES string of the molecule is CC(C)(C)c1cc(-n2c3cccc4c3c3c(C(C)(C)C)c(ccc32)-n2c3ccccc3c3cccc(c32)C(C)(C)c2cc-4cc(C(C)(C)C)c2)cc(C(C)(C)C)c1. The first kappa shape index (κ1) is 37.5. The molecule has 0 saturated heterocycles. The molecule has 290 valence electrons. The summed E-state index contributed by atoms with van der Waals surface area (Å²) in [7, 11) is 0. The maximum atomic E-state index is 2.63. The molecule has 2 nitrogen and oxygen atoms in total. The van der Waals surface area contributed by atoms with Gasteiger partial charge in [-0.3, -0.25) is 0 Å². The van der Waals surface area contributed by atoms with Gasteiger partial charge in [-0.2, -0.15) is 0 Å². The first-order valence-electron chi connectivity index (χ1n) is 21.0. The van der Waals surface area contributed by atoms with Gasteiger partial charge in [0.25, 0.3) is 0 Å². The van der Waals surface area contributed by atoms with Gasteiger partial charge in [0.2, 0.25) is 0 Å². The molecule has 2 heteroatoms. The molecular weight excluding hydrogens is 689 g/mol. The van der Waals surface area contributed by atoms with Gasteiger partial charge in [0.05, 0.1) is 27.8 Å². The Morgan fingerprint density at radius 3 is 1.68 bits per heavy atom. The van der Waals surface area contributed by atoms with E-state index >= 15 is 0 Å². The van der Waals surface area contributed by atoms with Crippen molar-refractivity contribution in [3.8, 4) is 22.5 Å². The van der Waals surface area contributed by atoms with Crippen LogP contribution in [0.4, 0.5) is 0 Å². The van der Waals surface area contributed by atoms with Gasteiger partial charge in [-0.1, -0.05) is 170 Å². The van der Waals surface area contributed by atoms with E-state index in [1.165, 1.54) is 99.5 Å². The zero-order valence-electron chi connectivity index (χ0n) is 36.8.